The third kappa shape index (κ3) is 1.99. The number of nitrogens with two attached hydrogens (primary N) is 1. The first-order chi connectivity index (χ1) is 7.16. The summed E-state index contributed by atoms with van der Waals surface area (Å²) in [6.07, 6.45) is 1.69. The molecule has 0 aliphatic rings. The van der Waals surface area contributed by atoms with Crippen molar-refractivity contribution in [2.45, 2.75) is 13.8 Å². The van der Waals surface area contributed by atoms with E-state index < -0.39 is 0 Å². The number of hydrogen-bond donors (Lipinski definition) is 1. The SMILES string of the molecule is Cc1ccc(-c2cc(N)cnc2C)cc1. The minimum absolute atomic E-state index is 0.705. The highest BCUT2D eigenvalue weighted by molar-refractivity contribution is 5.69. The highest BCUT2D eigenvalue weighted by Gasteiger charge is 2.02. The normalized spacial score (nSPS) is 10.3. The van der Waals surface area contributed by atoms with Gasteiger partial charge in [-0.05, 0) is 25.5 Å². The number of nitrogens with zero attached hydrogens (tertiary/aromatic N) is 1. The number of aryl methyl sites for hydroxylation is 2. The van der Waals surface area contributed by atoms with Gasteiger partial charge in [-0.25, -0.2) is 0 Å². The second-order valence-electron chi connectivity index (χ2n) is 3.77. The zero-order valence-corrected chi connectivity index (χ0v) is 8.99. The Bertz CT molecular complexity index is 472. The highest BCUT2D eigenvalue weighted by atomic mass is 14.7. The van der Waals surface area contributed by atoms with Crippen LogP contribution < -0.4 is 5.73 Å². The molecule has 15 heavy (non-hydrogen) atoms. The molecule has 0 amide bonds. The molecule has 2 nitrogen and oxygen atoms in total. The van der Waals surface area contributed by atoms with E-state index in [4.69, 9.17) is 5.73 Å². The van der Waals surface area contributed by atoms with Gasteiger partial charge in [0.05, 0.1) is 11.9 Å². The van der Waals surface area contributed by atoms with Crippen molar-refractivity contribution in [3.05, 3.63) is 47.8 Å². The van der Waals surface area contributed by atoms with Crippen LogP contribution in [-0.4, -0.2) is 4.98 Å². The quantitative estimate of drug-likeness (QED) is 0.765. The zero-order chi connectivity index (χ0) is 10.8. The summed E-state index contributed by atoms with van der Waals surface area (Å²) < 4.78 is 0. The van der Waals surface area contributed by atoms with E-state index in [-0.39, 0.29) is 0 Å². The molecule has 0 fully saturated rings. The standard InChI is InChI=1S/C13H14N2/c1-9-3-5-11(6-4-9)13-7-12(14)8-15-10(13)2/h3-8H,14H2,1-2H3. The van der Waals surface area contributed by atoms with Crippen LogP contribution in [0.5, 0.6) is 0 Å². The predicted molar refractivity (Wildman–Crippen MR) is 63.6 cm³/mol. The average Bonchev–Trinajstić information content (AvgIpc) is 2.23. The highest BCUT2D eigenvalue weighted by Crippen LogP contribution is 2.23. The second-order valence-corrected chi connectivity index (χ2v) is 3.77. The van der Waals surface area contributed by atoms with Crippen LogP contribution in [0.1, 0.15) is 11.3 Å². The van der Waals surface area contributed by atoms with Gasteiger partial charge in [0, 0.05) is 11.3 Å². The lowest BCUT2D eigenvalue weighted by atomic mass is 10.0. The maximum Gasteiger partial charge on any atom is 0.0507 e. The molecule has 76 valence electrons. The van der Waals surface area contributed by atoms with Crippen LogP contribution in [0.4, 0.5) is 5.69 Å². The van der Waals surface area contributed by atoms with Gasteiger partial charge in [-0.15, -0.1) is 0 Å². The van der Waals surface area contributed by atoms with E-state index in [0.717, 1.165) is 16.8 Å². The molecular formula is C13H14N2. The van der Waals surface area contributed by atoms with Gasteiger partial charge in [-0.3, -0.25) is 4.98 Å². The summed E-state index contributed by atoms with van der Waals surface area (Å²) in [7, 11) is 0. The van der Waals surface area contributed by atoms with Gasteiger partial charge in [-0.1, -0.05) is 29.8 Å². The van der Waals surface area contributed by atoms with E-state index in [1.165, 1.54) is 5.56 Å². The first-order valence-electron chi connectivity index (χ1n) is 4.96. The van der Waals surface area contributed by atoms with Crippen LogP contribution in [0.3, 0.4) is 0 Å². The maximum absolute atomic E-state index is 5.73. The summed E-state index contributed by atoms with van der Waals surface area (Å²) in [5.74, 6) is 0. The monoisotopic (exact) mass is 198 g/mol. The van der Waals surface area contributed by atoms with Crippen molar-refractivity contribution in [2.24, 2.45) is 0 Å². The third-order valence-electron chi connectivity index (χ3n) is 2.47. The van der Waals surface area contributed by atoms with Gasteiger partial charge < -0.3 is 5.73 Å². The summed E-state index contributed by atoms with van der Waals surface area (Å²) in [4.78, 5) is 4.25. The van der Waals surface area contributed by atoms with Gasteiger partial charge in [0.25, 0.3) is 0 Å². The smallest absolute Gasteiger partial charge is 0.0507 e. The second kappa shape index (κ2) is 3.73. The van der Waals surface area contributed by atoms with Crippen molar-refractivity contribution in [3.8, 4) is 11.1 Å². The van der Waals surface area contributed by atoms with Gasteiger partial charge in [-0.2, -0.15) is 0 Å². The fraction of sp³-hybridized carbons (Fsp3) is 0.154. The molecule has 0 saturated heterocycles. The molecule has 1 heterocycles. The molecule has 1 aromatic heterocycles. The molecule has 0 spiro atoms. The van der Waals surface area contributed by atoms with Crippen molar-refractivity contribution in [3.63, 3.8) is 0 Å². The largest absolute Gasteiger partial charge is 0.397 e. The fourth-order valence-electron chi connectivity index (χ4n) is 1.57. The first kappa shape index (κ1) is 9.71. The Morgan fingerprint density at radius 1 is 1.07 bits per heavy atom. The molecule has 0 atom stereocenters. The Kier molecular flexibility index (Phi) is 2.42. The molecule has 0 aliphatic heterocycles. The van der Waals surface area contributed by atoms with Crippen LogP contribution in [0, 0.1) is 13.8 Å². The van der Waals surface area contributed by atoms with E-state index in [1.807, 2.05) is 13.0 Å². The van der Waals surface area contributed by atoms with E-state index in [2.05, 4.69) is 36.2 Å². The average molecular weight is 198 g/mol. The summed E-state index contributed by atoms with van der Waals surface area (Å²) in [5.41, 5.74) is 11.0. The molecule has 0 radical (unpaired) electrons. The van der Waals surface area contributed by atoms with Crippen LogP contribution in [0.25, 0.3) is 11.1 Å². The molecule has 0 aliphatic carbocycles. The van der Waals surface area contributed by atoms with Gasteiger partial charge in [0.2, 0.25) is 0 Å². The minimum Gasteiger partial charge on any atom is -0.397 e. The Morgan fingerprint density at radius 3 is 2.40 bits per heavy atom. The lowest BCUT2D eigenvalue weighted by Gasteiger charge is -2.06. The number of anilines is 1. The summed E-state index contributed by atoms with van der Waals surface area (Å²) in [5, 5.41) is 0. The summed E-state index contributed by atoms with van der Waals surface area (Å²) >= 11 is 0. The Labute approximate surface area is 89.8 Å². The topological polar surface area (TPSA) is 38.9 Å². The Balaban J connectivity index is 2.53. The molecule has 0 bridgehead atoms. The van der Waals surface area contributed by atoms with Crippen molar-refractivity contribution < 1.29 is 0 Å². The van der Waals surface area contributed by atoms with E-state index in [9.17, 15) is 0 Å². The Morgan fingerprint density at radius 2 is 1.73 bits per heavy atom. The van der Waals surface area contributed by atoms with Gasteiger partial charge in [0.15, 0.2) is 0 Å². The number of rotatable bonds is 1. The molecule has 0 saturated carbocycles. The van der Waals surface area contributed by atoms with Crippen LogP contribution >= 0.6 is 0 Å². The van der Waals surface area contributed by atoms with E-state index in [0.29, 0.717) is 5.69 Å². The van der Waals surface area contributed by atoms with E-state index >= 15 is 0 Å². The van der Waals surface area contributed by atoms with Crippen molar-refractivity contribution in [2.75, 3.05) is 5.73 Å². The van der Waals surface area contributed by atoms with Crippen molar-refractivity contribution in [1.29, 1.82) is 0 Å². The molecule has 2 rings (SSSR count). The van der Waals surface area contributed by atoms with Crippen LogP contribution in [0.15, 0.2) is 36.5 Å². The summed E-state index contributed by atoms with van der Waals surface area (Å²) in [6.45, 7) is 4.07. The van der Waals surface area contributed by atoms with Gasteiger partial charge >= 0.3 is 0 Å². The van der Waals surface area contributed by atoms with Gasteiger partial charge in [0.1, 0.15) is 0 Å². The summed E-state index contributed by atoms with van der Waals surface area (Å²) in [6, 6.07) is 10.3. The van der Waals surface area contributed by atoms with Crippen LogP contribution in [0.2, 0.25) is 0 Å². The molecule has 2 aromatic rings. The molecule has 0 unspecified atom stereocenters. The Hall–Kier alpha value is -1.83. The maximum atomic E-state index is 5.73. The lowest BCUT2D eigenvalue weighted by Crippen LogP contribution is -1.92. The minimum atomic E-state index is 0.705. The molecule has 2 N–H and O–H groups in total. The molecule has 1 aromatic carbocycles. The number of benzene rings is 1. The first-order valence-corrected chi connectivity index (χ1v) is 4.96. The molecular weight excluding hydrogens is 184 g/mol. The number of nitrogen functional groups attached to an aromatic ring is 1. The lowest BCUT2D eigenvalue weighted by molar-refractivity contribution is 1.21. The van der Waals surface area contributed by atoms with Crippen LogP contribution in [-0.2, 0) is 0 Å². The number of pyridine rings is 1. The van der Waals surface area contributed by atoms with E-state index in [1.54, 1.807) is 6.20 Å². The predicted octanol–water partition coefficient (Wildman–Crippen LogP) is 2.95. The fourth-order valence-corrected chi connectivity index (χ4v) is 1.57. The number of aromatic nitrogens is 1. The molecule has 2 heteroatoms. The number of hydrogen-bond acceptors (Lipinski definition) is 2. The third-order valence-corrected chi connectivity index (χ3v) is 2.47. The van der Waals surface area contributed by atoms with Crippen molar-refractivity contribution in [1.82, 2.24) is 4.98 Å². The zero-order valence-electron chi connectivity index (χ0n) is 8.99. The van der Waals surface area contributed by atoms with Crippen molar-refractivity contribution >= 4 is 5.69 Å².